The van der Waals surface area contributed by atoms with E-state index >= 15 is 0 Å². The van der Waals surface area contributed by atoms with Gasteiger partial charge in [-0.25, -0.2) is 4.98 Å². The number of carbonyl (C=O) groups excluding carboxylic acids is 1. The predicted molar refractivity (Wildman–Crippen MR) is 91.1 cm³/mol. The van der Waals surface area contributed by atoms with Gasteiger partial charge in [0.1, 0.15) is 5.69 Å². The van der Waals surface area contributed by atoms with Crippen molar-refractivity contribution in [1.29, 1.82) is 0 Å². The molecule has 4 heteroatoms. The van der Waals surface area contributed by atoms with Crippen molar-refractivity contribution in [2.45, 2.75) is 64.8 Å². The first-order valence-electron chi connectivity index (χ1n) is 8.66. The second-order valence-corrected chi connectivity index (χ2v) is 6.70. The molecule has 0 atom stereocenters. The Labute approximate surface area is 134 Å². The lowest BCUT2D eigenvalue weighted by molar-refractivity contribution is 0.0928. The summed E-state index contributed by atoms with van der Waals surface area (Å²) in [6, 6.07) is 4.07. The van der Waals surface area contributed by atoms with Crippen LogP contribution in [0.25, 0.3) is 0 Å². The molecule has 1 saturated carbocycles. The number of nitrogens with zero attached hydrogens (tertiary/aromatic N) is 1. The lowest BCUT2D eigenvalue weighted by Crippen LogP contribution is -2.34. The van der Waals surface area contributed by atoms with Gasteiger partial charge < -0.3 is 10.6 Å². The van der Waals surface area contributed by atoms with Gasteiger partial charge in [-0.05, 0) is 37.3 Å². The van der Waals surface area contributed by atoms with E-state index in [1.54, 1.807) is 6.20 Å². The average molecular weight is 303 g/mol. The van der Waals surface area contributed by atoms with Crippen molar-refractivity contribution in [3.63, 3.8) is 0 Å². The minimum absolute atomic E-state index is 0.0411. The molecule has 1 heterocycles. The fraction of sp³-hybridized carbons (Fsp3) is 0.667. The Morgan fingerprint density at radius 1 is 1.23 bits per heavy atom. The standard InChI is InChI=1S/C18H29N3O/c1-14(2)11-12-19-16-9-10-17(20-13-16)18(22)21-15-7-5-3-4-6-8-15/h9-10,13-15,19H,3-8,11-12H2,1-2H3,(H,21,22). The lowest BCUT2D eigenvalue weighted by Gasteiger charge is -2.16. The topological polar surface area (TPSA) is 54.0 Å². The summed E-state index contributed by atoms with van der Waals surface area (Å²) in [6.07, 6.45) is 10.1. The summed E-state index contributed by atoms with van der Waals surface area (Å²) >= 11 is 0. The Balaban J connectivity index is 1.82. The van der Waals surface area contributed by atoms with Crippen LogP contribution in [0.5, 0.6) is 0 Å². The van der Waals surface area contributed by atoms with Crippen LogP contribution in [0, 0.1) is 5.92 Å². The Hall–Kier alpha value is -1.58. The van der Waals surface area contributed by atoms with E-state index in [0.29, 0.717) is 17.7 Å². The normalized spacial score (nSPS) is 16.3. The van der Waals surface area contributed by atoms with E-state index in [0.717, 1.165) is 31.5 Å². The van der Waals surface area contributed by atoms with E-state index in [1.165, 1.54) is 25.7 Å². The molecule has 1 amide bonds. The number of nitrogens with one attached hydrogen (secondary N) is 2. The number of amides is 1. The van der Waals surface area contributed by atoms with Crippen LogP contribution < -0.4 is 10.6 Å². The molecular formula is C18H29N3O. The molecule has 1 aromatic heterocycles. The number of hydrogen-bond donors (Lipinski definition) is 2. The monoisotopic (exact) mass is 303 g/mol. The fourth-order valence-electron chi connectivity index (χ4n) is 2.82. The van der Waals surface area contributed by atoms with Crippen LogP contribution in [0.2, 0.25) is 0 Å². The first kappa shape index (κ1) is 16.8. The highest BCUT2D eigenvalue weighted by Gasteiger charge is 2.16. The zero-order valence-corrected chi connectivity index (χ0v) is 13.9. The van der Waals surface area contributed by atoms with E-state index in [4.69, 9.17) is 0 Å². The van der Waals surface area contributed by atoms with E-state index in [2.05, 4.69) is 29.5 Å². The van der Waals surface area contributed by atoms with E-state index in [-0.39, 0.29) is 5.91 Å². The lowest BCUT2D eigenvalue weighted by atomic mass is 10.1. The van der Waals surface area contributed by atoms with Gasteiger partial charge in [-0.2, -0.15) is 0 Å². The van der Waals surface area contributed by atoms with Crippen LogP contribution in [0.3, 0.4) is 0 Å². The summed E-state index contributed by atoms with van der Waals surface area (Å²) < 4.78 is 0. The molecule has 4 nitrogen and oxygen atoms in total. The van der Waals surface area contributed by atoms with E-state index < -0.39 is 0 Å². The van der Waals surface area contributed by atoms with Gasteiger partial charge in [-0.15, -0.1) is 0 Å². The maximum Gasteiger partial charge on any atom is 0.270 e. The highest BCUT2D eigenvalue weighted by molar-refractivity contribution is 5.92. The van der Waals surface area contributed by atoms with E-state index in [1.807, 2.05) is 12.1 Å². The van der Waals surface area contributed by atoms with Gasteiger partial charge in [0.2, 0.25) is 0 Å². The molecule has 1 aromatic rings. The third-order valence-corrected chi connectivity index (χ3v) is 4.24. The Bertz CT molecular complexity index is 448. The third kappa shape index (κ3) is 5.66. The van der Waals surface area contributed by atoms with Crippen molar-refractivity contribution < 1.29 is 4.79 Å². The van der Waals surface area contributed by atoms with Crippen LogP contribution >= 0.6 is 0 Å². The maximum atomic E-state index is 12.2. The smallest absolute Gasteiger partial charge is 0.270 e. The Kier molecular flexibility index (Phi) is 6.69. The minimum Gasteiger partial charge on any atom is -0.384 e. The molecule has 0 unspecified atom stereocenters. The van der Waals surface area contributed by atoms with Gasteiger partial charge in [0, 0.05) is 12.6 Å². The predicted octanol–water partition coefficient (Wildman–Crippen LogP) is 3.99. The van der Waals surface area contributed by atoms with E-state index in [9.17, 15) is 4.79 Å². The summed E-state index contributed by atoms with van der Waals surface area (Å²) in [4.78, 5) is 16.5. The number of pyridine rings is 1. The van der Waals surface area contributed by atoms with Gasteiger partial charge in [-0.1, -0.05) is 39.5 Å². The van der Waals surface area contributed by atoms with Crippen molar-refractivity contribution in [3.8, 4) is 0 Å². The zero-order chi connectivity index (χ0) is 15.8. The molecular weight excluding hydrogens is 274 g/mol. The SMILES string of the molecule is CC(C)CCNc1ccc(C(=O)NC2CCCCCC2)nc1. The number of anilines is 1. The molecule has 0 saturated heterocycles. The molecule has 2 rings (SSSR count). The van der Waals surface area contributed by atoms with Crippen LogP contribution in [-0.4, -0.2) is 23.5 Å². The van der Waals surface area contributed by atoms with Crippen LogP contribution in [0.15, 0.2) is 18.3 Å². The molecule has 0 aromatic carbocycles. The van der Waals surface area contributed by atoms with Crippen molar-refractivity contribution in [3.05, 3.63) is 24.0 Å². The Morgan fingerprint density at radius 2 is 1.95 bits per heavy atom. The van der Waals surface area contributed by atoms with Crippen molar-refractivity contribution in [2.75, 3.05) is 11.9 Å². The first-order valence-corrected chi connectivity index (χ1v) is 8.66. The molecule has 122 valence electrons. The fourth-order valence-corrected chi connectivity index (χ4v) is 2.82. The molecule has 1 fully saturated rings. The summed E-state index contributed by atoms with van der Waals surface area (Å²) in [7, 11) is 0. The summed E-state index contributed by atoms with van der Waals surface area (Å²) in [6.45, 7) is 5.36. The number of rotatable bonds is 6. The number of hydrogen-bond acceptors (Lipinski definition) is 3. The molecule has 22 heavy (non-hydrogen) atoms. The summed E-state index contributed by atoms with van der Waals surface area (Å²) in [5, 5.41) is 6.47. The molecule has 0 radical (unpaired) electrons. The van der Waals surface area contributed by atoms with Gasteiger partial charge in [0.25, 0.3) is 5.91 Å². The van der Waals surface area contributed by atoms with Crippen LogP contribution in [-0.2, 0) is 0 Å². The van der Waals surface area contributed by atoms with Gasteiger partial charge in [-0.3, -0.25) is 4.79 Å². The zero-order valence-electron chi connectivity index (χ0n) is 13.9. The van der Waals surface area contributed by atoms with Crippen LogP contribution in [0.4, 0.5) is 5.69 Å². The number of carbonyl (C=O) groups is 1. The minimum atomic E-state index is -0.0411. The molecule has 0 bridgehead atoms. The van der Waals surface area contributed by atoms with Crippen LogP contribution in [0.1, 0.15) is 69.3 Å². The average Bonchev–Trinajstić information content (AvgIpc) is 2.76. The van der Waals surface area contributed by atoms with Gasteiger partial charge >= 0.3 is 0 Å². The first-order chi connectivity index (χ1) is 10.6. The molecule has 0 aliphatic heterocycles. The molecule has 1 aliphatic carbocycles. The largest absolute Gasteiger partial charge is 0.384 e. The molecule has 0 spiro atoms. The summed E-state index contributed by atoms with van der Waals surface area (Å²) in [5.74, 6) is 0.644. The van der Waals surface area contributed by atoms with Crippen molar-refractivity contribution in [2.24, 2.45) is 5.92 Å². The highest BCUT2D eigenvalue weighted by atomic mass is 16.1. The second kappa shape index (κ2) is 8.76. The Morgan fingerprint density at radius 3 is 2.55 bits per heavy atom. The van der Waals surface area contributed by atoms with Gasteiger partial charge in [0.05, 0.1) is 11.9 Å². The third-order valence-electron chi connectivity index (χ3n) is 4.24. The summed E-state index contributed by atoms with van der Waals surface area (Å²) in [5.41, 5.74) is 1.49. The molecule has 2 N–H and O–H groups in total. The van der Waals surface area contributed by atoms with Gasteiger partial charge in [0.15, 0.2) is 0 Å². The highest BCUT2D eigenvalue weighted by Crippen LogP contribution is 2.17. The van der Waals surface area contributed by atoms with Crippen molar-refractivity contribution in [1.82, 2.24) is 10.3 Å². The maximum absolute atomic E-state index is 12.2. The van der Waals surface area contributed by atoms with Crippen molar-refractivity contribution >= 4 is 11.6 Å². The molecule has 1 aliphatic rings. The second-order valence-electron chi connectivity index (χ2n) is 6.70. The number of aromatic nitrogens is 1. The quantitative estimate of drug-likeness (QED) is 0.781.